The van der Waals surface area contributed by atoms with E-state index in [1.54, 1.807) is 19.1 Å². The molecule has 2 N–H and O–H groups in total. The predicted molar refractivity (Wildman–Crippen MR) is 82.8 cm³/mol. The molecule has 0 saturated carbocycles. The van der Waals surface area contributed by atoms with E-state index in [1.165, 1.54) is 16.8 Å². The molecule has 0 radical (unpaired) electrons. The molecular formula is C14H18N4O4S. The van der Waals surface area contributed by atoms with Crippen molar-refractivity contribution in [1.82, 2.24) is 14.8 Å². The van der Waals surface area contributed by atoms with Crippen LogP contribution < -0.4 is 5.14 Å². The van der Waals surface area contributed by atoms with Crippen LogP contribution in [0.5, 0.6) is 0 Å². The second-order valence-corrected chi connectivity index (χ2v) is 6.68. The standard InChI is InChI=1S/C14H18N4O4S/c1-4-22-14(19)12-16-13(9(2)3)18(17-12)10-5-7-11(8-6-10)23(15,20)21/h5-9H,4H2,1-3H3,(H2,15,20,21). The summed E-state index contributed by atoms with van der Waals surface area (Å²) in [5, 5.41) is 9.24. The van der Waals surface area contributed by atoms with E-state index in [0.29, 0.717) is 11.5 Å². The molecule has 8 nitrogen and oxygen atoms in total. The molecule has 2 aromatic rings. The smallest absolute Gasteiger partial charge is 0.378 e. The van der Waals surface area contributed by atoms with Crippen LogP contribution in [0.2, 0.25) is 0 Å². The molecule has 9 heteroatoms. The topological polar surface area (TPSA) is 117 Å². The quantitative estimate of drug-likeness (QED) is 0.819. The molecule has 0 atom stereocenters. The van der Waals surface area contributed by atoms with E-state index in [4.69, 9.17) is 9.88 Å². The van der Waals surface area contributed by atoms with Crippen molar-refractivity contribution in [2.45, 2.75) is 31.6 Å². The molecule has 0 aliphatic carbocycles. The SMILES string of the molecule is CCOC(=O)c1nc(C(C)C)n(-c2ccc(S(N)(=O)=O)cc2)n1. The molecule has 23 heavy (non-hydrogen) atoms. The highest BCUT2D eigenvalue weighted by Gasteiger charge is 2.20. The maximum Gasteiger partial charge on any atom is 0.378 e. The summed E-state index contributed by atoms with van der Waals surface area (Å²) in [6.45, 7) is 5.75. The van der Waals surface area contributed by atoms with Gasteiger partial charge in [0.15, 0.2) is 0 Å². The van der Waals surface area contributed by atoms with Gasteiger partial charge in [-0.3, -0.25) is 0 Å². The number of carbonyl (C=O) groups excluding carboxylic acids is 1. The van der Waals surface area contributed by atoms with Gasteiger partial charge in [-0.25, -0.2) is 28.0 Å². The minimum absolute atomic E-state index is 0.00178. The van der Waals surface area contributed by atoms with Gasteiger partial charge in [-0.15, -0.1) is 5.10 Å². The number of rotatable bonds is 5. The number of ether oxygens (including phenoxy) is 1. The number of nitrogens with two attached hydrogens (primary N) is 1. The zero-order valence-electron chi connectivity index (χ0n) is 13.1. The number of benzene rings is 1. The first-order valence-electron chi connectivity index (χ1n) is 7.01. The summed E-state index contributed by atoms with van der Waals surface area (Å²) in [4.78, 5) is 16.0. The van der Waals surface area contributed by atoms with Gasteiger partial charge in [0.2, 0.25) is 10.0 Å². The number of hydrogen-bond acceptors (Lipinski definition) is 6. The number of sulfonamides is 1. The fourth-order valence-electron chi connectivity index (χ4n) is 1.95. The summed E-state index contributed by atoms with van der Waals surface area (Å²) in [5.74, 6) is -0.0691. The van der Waals surface area contributed by atoms with Gasteiger partial charge in [-0.05, 0) is 31.2 Å². The third-order valence-corrected chi connectivity index (χ3v) is 3.95. The average Bonchev–Trinajstić information content (AvgIpc) is 2.92. The second-order valence-electron chi connectivity index (χ2n) is 5.12. The van der Waals surface area contributed by atoms with Gasteiger partial charge in [0.1, 0.15) is 5.82 Å². The summed E-state index contributed by atoms with van der Waals surface area (Å²) in [7, 11) is -3.76. The lowest BCUT2D eigenvalue weighted by Gasteiger charge is -2.08. The Bertz CT molecular complexity index is 810. The van der Waals surface area contributed by atoms with E-state index in [0.717, 1.165) is 0 Å². The Morgan fingerprint density at radius 3 is 2.39 bits per heavy atom. The molecule has 1 aromatic carbocycles. The van der Waals surface area contributed by atoms with Gasteiger partial charge in [-0.1, -0.05) is 13.8 Å². The van der Waals surface area contributed by atoms with Crippen LogP contribution in [-0.4, -0.2) is 35.8 Å². The first-order chi connectivity index (χ1) is 10.7. The largest absolute Gasteiger partial charge is 0.460 e. The number of aromatic nitrogens is 3. The van der Waals surface area contributed by atoms with E-state index >= 15 is 0 Å². The first kappa shape index (κ1) is 17.1. The lowest BCUT2D eigenvalue weighted by Crippen LogP contribution is -2.12. The molecule has 0 fully saturated rings. The van der Waals surface area contributed by atoms with Crippen molar-refractivity contribution < 1.29 is 17.9 Å². The van der Waals surface area contributed by atoms with Crippen LogP contribution in [0.15, 0.2) is 29.2 Å². The Balaban J connectivity index is 2.47. The van der Waals surface area contributed by atoms with Gasteiger partial charge in [0, 0.05) is 5.92 Å². The highest BCUT2D eigenvalue weighted by Crippen LogP contribution is 2.19. The number of carbonyl (C=O) groups is 1. The Hall–Kier alpha value is -2.26. The molecule has 0 bridgehead atoms. The van der Waals surface area contributed by atoms with Gasteiger partial charge in [-0.2, -0.15) is 0 Å². The molecular weight excluding hydrogens is 320 g/mol. The van der Waals surface area contributed by atoms with E-state index in [9.17, 15) is 13.2 Å². The van der Waals surface area contributed by atoms with Crippen molar-refractivity contribution >= 4 is 16.0 Å². The predicted octanol–water partition coefficient (Wildman–Crippen LogP) is 1.21. The summed E-state index contributed by atoms with van der Waals surface area (Å²) in [6, 6.07) is 5.85. The highest BCUT2D eigenvalue weighted by atomic mass is 32.2. The fourth-order valence-corrected chi connectivity index (χ4v) is 2.46. The summed E-state index contributed by atoms with van der Waals surface area (Å²) < 4.78 is 29.0. The van der Waals surface area contributed by atoms with Crippen LogP contribution in [0, 0.1) is 0 Å². The van der Waals surface area contributed by atoms with Crippen LogP contribution in [-0.2, 0) is 14.8 Å². The van der Waals surface area contributed by atoms with Crippen molar-refractivity contribution in [1.29, 1.82) is 0 Å². The molecule has 2 rings (SSSR count). The normalized spacial score (nSPS) is 11.7. The van der Waals surface area contributed by atoms with E-state index in [2.05, 4.69) is 10.1 Å². The lowest BCUT2D eigenvalue weighted by atomic mass is 10.2. The molecule has 124 valence electrons. The molecule has 0 aliphatic heterocycles. The Labute approximate surface area is 134 Å². The van der Waals surface area contributed by atoms with Crippen molar-refractivity contribution in [3.8, 4) is 5.69 Å². The third-order valence-electron chi connectivity index (χ3n) is 3.02. The fraction of sp³-hybridized carbons (Fsp3) is 0.357. The van der Waals surface area contributed by atoms with Crippen LogP contribution in [0.1, 0.15) is 43.1 Å². The van der Waals surface area contributed by atoms with Gasteiger partial charge in [0.05, 0.1) is 17.2 Å². The summed E-state index contributed by atoms with van der Waals surface area (Å²) in [5.41, 5.74) is 0.573. The minimum atomic E-state index is -3.76. The number of nitrogens with zero attached hydrogens (tertiary/aromatic N) is 3. The summed E-state index contributed by atoms with van der Waals surface area (Å²) >= 11 is 0. The maximum absolute atomic E-state index is 11.8. The minimum Gasteiger partial charge on any atom is -0.460 e. The second kappa shape index (κ2) is 6.47. The Morgan fingerprint density at radius 1 is 1.30 bits per heavy atom. The number of esters is 1. The molecule has 0 aliphatic rings. The zero-order valence-corrected chi connectivity index (χ0v) is 13.9. The maximum atomic E-state index is 11.8. The number of primary sulfonamides is 1. The van der Waals surface area contributed by atoms with Crippen molar-refractivity contribution in [2.75, 3.05) is 6.61 Å². The summed E-state index contributed by atoms with van der Waals surface area (Å²) in [6.07, 6.45) is 0. The zero-order chi connectivity index (χ0) is 17.2. The molecule has 0 spiro atoms. The van der Waals surface area contributed by atoms with E-state index in [-0.39, 0.29) is 23.2 Å². The number of hydrogen-bond donors (Lipinski definition) is 1. The van der Waals surface area contributed by atoms with Crippen LogP contribution in [0.4, 0.5) is 0 Å². The molecule has 1 heterocycles. The Kier molecular flexibility index (Phi) is 4.81. The highest BCUT2D eigenvalue weighted by molar-refractivity contribution is 7.89. The van der Waals surface area contributed by atoms with Crippen LogP contribution >= 0.6 is 0 Å². The molecule has 0 amide bonds. The molecule has 0 unspecified atom stereocenters. The third kappa shape index (κ3) is 3.74. The van der Waals surface area contributed by atoms with Crippen molar-refractivity contribution in [3.05, 3.63) is 35.9 Å². The average molecular weight is 338 g/mol. The van der Waals surface area contributed by atoms with Gasteiger partial charge in [0.25, 0.3) is 5.82 Å². The van der Waals surface area contributed by atoms with Crippen molar-refractivity contribution in [2.24, 2.45) is 5.14 Å². The monoisotopic (exact) mass is 338 g/mol. The van der Waals surface area contributed by atoms with Gasteiger partial charge < -0.3 is 4.74 Å². The first-order valence-corrected chi connectivity index (χ1v) is 8.56. The molecule has 0 saturated heterocycles. The van der Waals surface area contributed by atoms with E-state index < -0.39 is 16.0 Å². The lowest BCUT2D eigenvalue weighted by molar-refractivity contribution is 0.0512. The molecule has 1 aromatic heterocycles. The van der Waals surface area contributed by atoms with Crippen LogP contribution in [0.25, 0.3) is 5.69 Å². The van der Waals surface area contributed by atoms with Gasteiger partial charge >= 0.3 is 5.97 Å². The van der Waals surface area contributed by atoms with E-state index in [1.807, 2.05) is 13.8 Å². The van der Waals surface area contributed by atoms with Crippen LogP contribution in [0.3, 0.4) is 0 Å². The van der Waals surface area contributed by atoms with Crippen molar-refractivity contribution in [3.63, 3.8) is 0 Å². The Morgan fingerprint density at radius 2 is 1.91 bits per heavy atom.